The number of nitrogens with one attached hydrogen (secondary N) is 2. The summed E-state index contributed by atoms with van der Waals surface area (Å²) in [6, 6.07) is 3.75. The van der Waals surface area contributed by atoms with Crippen LogP contribution in [0.25, 0.3) is 0 Å². The van der Waals surface area contributed by atoms with Gasteiger partial charge in [0.1, 0.15) is 5.60 Å². The Hall–Kier alpha value is -2.15. The van der Waals surface area contributed by atoms with Crippen molar-refractivity contribution in [3.8, 4) is 0 Å². The summed E-state index contributed by atoms with van der Waals surface area (Å²) in [5.74, 6) is 0.541. The first-order valence-electron chi connectivity index (χ1n) is 10.6. The second kappa shape index (κ2) is 10.6. The van der Waals surface area contributed by atoms with Gasteiger partial charge in [0.25, 0.3) is 0 Å². The number of hydrazine groups is 1. The molecule has 0 saturated heterocycles. The van der Waals surface area contributed by atoms with Crippen LogP contribution in [0.15, 0.2) is 24.5 Å². The van der Waals surface area contributed by atoms with Gasteiger partial charge in [0.2, 0.25) is 5.91 Å². The van der Waals surface area contributed by atoms with Gasteiger partial charge in [-0.1, -0.05) is 13.8 Å². The number of aromatic nitrogens is 1. The topological polar surface area (TPSA) is 83.6 Å². The lowest BCUT2D eigenvalue weighted by molar-refractivity contribution is -0.121. The van der Waals surface area contributed by atoms with Crippen molar-refractivity contribution in [3.63, 3.8) is 0 Å². The Morgan fingerprint density at radius 3 is 2.34 bits per heavy atom. The average Bonchev–Trinajstić information content (AvgIpc) is 2.64. The Morgan fingerprint density at radius 1 is 1.17 bits per heavy atom. The van der Waals surface area contributed by atoms with E-state index in [1.165, 1.54) is 0 Å². The number of nitrogens with zero attached hydrogens (tertiary/aromatic N) is 2. The van der Waals surface area contributed by atoms with E-state index in [1.54, 1.807) is 29.5 Å². The summed E-state index contributed by atoms with van der Waals surface area (Å²) >= 11 is 0. The quantitative estimate of drug-likeness (QED) is 0.660. The molecule has 1 fully saturated rings. The van der Waals surface area contributed by atoms with Crippen molar-refractivity contribution in [1.29, 1.82) is 0 Å². The lowest BCUT2D eigenvalue weighted by Gasteiger charge is -2.34. The molecule has 0 radical (unpaired) electrons. The van der Waals surface area contributed by atoms with Crippen LogP contribution in [0.5, 0.6) is 0 Å². The van der Waals surface area contributed by atoms with Gasteiger partial charge in [-0.3, -0.25) is 9.78 Å². The Morgan fingerprint density at radius 2 is 1.79 bits per heavy atom. The van der Waals surface area contributed by atoms with Crippen LogP contribution < -0.4 is 10.7 Å². The summed E-state index contributed by atoms with van der Waals surface area (Å²) in [7, 11) is 0. The minimum atomic E-state index is -0.530. The van der Waals surface area contributed by atoms with Crippen molar-refractivity contribution in [1.82, 2.24) is 15.4 Å². The van der Waals surface area contributed by atoms with E-state index in [9.17, 15) is 9.59 Å². The third-order valence-corrected chi connectivity index (χ3v) is 4.93. The minimum absolute atomic E-state index is 0.00754. The summed E-state index contributed by atoms with van der Waals surface area (Å²) in [5, 5.41) is 4.58. The maximum absolute atomic E-state index is 12.6. The van der Waals surface area contributed by atoms with E-state index in [1.807, 2.05) is 20.8 Å². The highest BCUT2D eigenvalue weighted by Crippen LogP contribution is 2.26. The van der Waals surface area contributed by atoms with E-state index in [-0.39, 0.29) is 24.0 Å². The smallest absolute Gasteiger partial charge is 0.424 e. The number of rotatable bonds is 7. The molecule has 2 N–H and O–H groups in total. The number of hydrogen-bond acceptors (Lipinski definition) is 5. The first kappa shape index (κ1) is 23.1. The number of pyridine rings is 1. The van der Waals surface area contributed by atoms with Crippen molar-refractivity contribution in [3.05, 3.63) is 24.5 Å². The van der Waals surface area contributed by atoms with Gasteiger partial charge >= 0.3 is 6.09 Å². The third-order valence-electron chi connectivity index (χ3n) is 4.93. The van der Waals surface area contributed by atoms with Crippen LogP contribution in [-0.4, -0.2) is 40.2 Å². The van der Waals surface area contributed by atoms with Gasteiger partial charge in [0.15, 0.2) is 0 Å². The number of carbonyl (C=O) groups excluding carboxylic acids is 2. The molecule has 162 valence electrons. The molecule has 0 bridgehead atoms. The molecule has 1 aromatic heterocycles. The zero-order valence-electron chi connectivity index (χ0n) is 18.4. The summed E-state index contributed by atoms with van der Waals surface area (Å²) in [5.41, 5.74) is 3.60. The van der Waals surface area contributed by atoms with Gasteiger partial charge in [-0.2, -0.15) is 0 Å². The predicted molar refractivity (Wildman–Crippen MR) is 114 cm³/mol. The number of anilines is 1. The Kier molecular flexibility index (Phi) is 8.44. The van der Waals surface area contributed by atoms with E-state index in [2.05, 4.69) is 29.6 Å². The van der Waals surface area contributed by atoms with Gasteiger partial charge in [0, 0.05) is 36.6 Å². The van der Waals surface area contributed by atoms with E-state index < -0.39 is 5.60 Å². The predicted octanol–water partition coefficient (Wildman–Crippen LogP) is 4.37. The Bertz CT molecular complexity index is 650. The van der Waals surface area contributed by atoms with Crippen LogP contribution >= 0.6 is 0 Å². The van der Waals surface area contributed by atoms with Gasteiger partial charge in [0.05, 0.1) is 0 Å². The molecule has 0 atom stereocenters. The fourth-order valence-electron chi connectivity index (χ4n) is 3.30. The molecular weight excluding hydrogens is 368 g/mol. The van der Waals surface area contributed by atoms with Gasteiger partial charge in [-0.15, -0.1) is 0 Å². The lowest BCUT2D eigenvalue weighted by Crippen LogP contribution is -2.51. The van der Waals surface area contributed by atoms with Crippen LogP contribution in [-0.2, 0) is 9.53 Å². The second-order valence-corrected chi connectivity index (χ2v) is 9.22. The van der Waals surface area contributed by atoms with Crippen molar-refractivity contribution < 1.29 is 14.3 Å². The Balaban J connectivity index is 1.86. The monoisotopic (exact) mass is 404 g/mol. The number of amides is 2. The molecule has 7 nitrogen and oxygen atoms in total. The first-order valence-corrected chi connectivity index (χ1v) is 10.6. The molecule has 1 saturated carbocycles. The van der Waals surface area contributed by atoms with Gasteiger partial charge in [-0.05, 0) is 70.9 Å². The standard InChI is InChI=1S/C22H36N4O3/c1-16(2)12-15-26(21(28)29-22(3,4)5)25-19-8-6-17(7-9-19)20(27)24-18-10-13-23-14-11-18/h10-11,13-14,16-17,19,25H,6-9,12,15H2,1-5H3,(H,23,24,27). The zero-order valence-corrected chi connectivity index (χ0v) is 18.4. The van der Waals surface area contributed by atoms with Crippen LogP contribution in [0.4, 0.5) is 10.5 Å². The number of hydrogen-bond donors (Lipinski definition) is 2. The third kappa shape index (κ3) is 8.40. The number of ether oxygens (including phenoxy) is 1. The van der Waals surface area contributed by atoms with E-state index in [0.717, 1.165) is 37.8 Å². The summed E-state index contributed by atoms with van der Waals surface area (Å²) in [4.78, 5) is 29.1. The van der Waals surface area contributed by atoms with Crippen LogP contribution in [0.1, 0.15) is 66.7 Å². The summed E-state index contributed by atoms with van der Waals surface area (Å²) < 4.78 is 5.55. The molecule has 7 heteroatoms. The Labute approximate surface area is 174 Å². The fourth-order valence-corrected chi connectivity index (χ4v) is 3.30. The highest BCUT2D eigenvalue weighted by Gasteiger charge is 2.29. The highest BCUT2D eigenvalue weighted by atomic mass is 16.6. The maximum atomic E-state index is 12.6. The molecule has 1 aliphatic rings. The van der Waals surface area contributed by atoms with Gasteiger partial charge < -0.3 is 10.1 Å². The van der Waals surface area contributed by atoms with Gasteiger partial charge in [-0.25, -0.2) is 15.2 Å². The number of carbonyl (C=O) groups is 2. The second-order valence-electron chi connectivity index (χ2n) is 9.22. The molecule has 0 aromatic carbocycles. The molecule has 2 amide bonds. The maximum Gasteiger partial charge on any atom is 0.424 e. The molecule has 29 heavy (non-hydrogen) atoms. The first-order chi connectivity index (χ1) is 13.6. The summed E-state index contributed by atoms with van der Waals surface area (Å²) in [6.07, 6.45) is 7.16. The normalized spacial score (nSPS) is 19.7. The van der Waals surface area contributed by atoms with Crippen LogP contribution in [0, 0.1) is 11.8 Å². The molecule has 0 spiro atoms. The van der Waals surface area contributed by atoms with E-state index in [4.69, 9.17) is 4.74 Å². The van der Waals surface area contributed by atoms with E-state index in [0.29, 0.717) is 12.5 Å². The highest BCUT2D eigenvalue weighted by molar-refractivity contribution is 5.92. The molecule has 1 aromatic rings. The van der Waals surface area contributed by atoms with E-state index >= 15 is 0 Å². The molecule has 0 aliphatic heterocycles. The molecule has 2 rings (SSSR count). The van der Waals surface area contributed by atoms with Crippen molar-refractivity contribution in [2.75, 3.05) is 11.9 Å². The van der Waals surface area contributed by atoms with Crippen LogP contribution in [0.3, 0.4) is 0 Å². The zero-order chi connectivity index (χ0) is 21.4. The summed E-state index contributed by atoms with van der Waals surface area (Å²) in [6.45, 7) is 10.5. The minimum Gasteiger partial charge on any atom is -0.443 e. The SMILES string of the molecule is CC(C)CCN(NC1CCC(C(=O)Nc2ccncc2)CC1)C(=O)OC(C)(C)C. The fraction of sp³-hybridized carbons (Fsp3) is 0.682. The van der Waals surface area contributed by atoms with Crippen molar-refractivity contribution >= 4 is 17.7 Å². The molecular formula is C22H36N4O3. The molecule has 0 unspecified atom stereocenters. The van der Waals surface area contributed by atoms with Crippen LogP contribution in [0.2, 0.25) is 0 Å². The molecule has 1 heterocycles. The molecule has 1 aliphatic carbocycles. The van der Waals surface area contributed by atoms with Crippen molar-refractivity contribution in [2.45, 2.75) is 78.4 Å². The van der Waals surface area contributed by atoms with Crippen molar-refractivity contribution in [2.24, 2.45) is 11.8 Å². The lowest BCUT2D eigenvalue weighted by atomic mass is 9.85. The average molecular weight is 405 g/mol. The largest absolute Gasteiger partial charge is 0.443 e.